The van der Waals surface area contributed by atoms with Gasteiger partial charge in [0.05, 0.1) is 32.6 Å². The SMILES string of the molecule is O=[N+]([O-])c1cccc(-c2nc(-c3ccc(-c4ccc(-c5[nH]c(-c6cccc([N+](=O)[O-])c6)nc5-c5ccccc5)cc4)cc3)c(-c3ccccc3)[nH]2)c1. The highest BCUT2D eigenvalue weighted by Gasteiger charge is 2.19. The van der Waals surface area contributed by atoms with Crippen LogP contribution in [0.15, 0.2) is 158 Å². The Hall–Kier alpha value is -7.46. The van der Waals surface area contributed by atoms with Gasteiger partial charge in [-0.3, -0.25) is 20.2 Å². The monoisotopic (exact) mass is 680 g/mol. The van der Waals surface area contributed by atoms with Crippen molar-refractivity contribution in [2.24, 2.45) is 0 Å². The van der Waals surface area contributed by atoms with Gasteiger partial charge in [-0.25, -0.2) is 9.97 Å². The Balaban J connectivity index is 1.12. The molecule has 8 rings (SSSR count). The number of nitro groups is 2. The number of rotatable bonds is 9. The molecule has 0 spiro atoms. The fourth-order valence-electron chi connectivity index (χ4n) is 6.24. The molecule has 0 radical (unpaired) electrons. The second-order valence-electron chi connectivity index (χ2n) is 12.1. The lowest BCUT2D eigenvalue weighted by Crippen LogP contribution is -1.89. The smallest absolute Gasteiger partial charge is 0.270 e. The molecule has 0 aliphatic carbocycles. The number of H-pyrrole nitrogens is 2. The fourth-order valence-corrected chi connectivity index (χ4v) is 6.24. The summed E-state index contributed by atoms with van der Waals surface area (Å²) >= 11 is 0. The second-order valence-corrected chi connectivity index (χ2v) is 12.1. The van der Waals surface area contributed by atoms with E-state index in [1.165, 1.54) is 24.3 Å². The standard InChI is InChI=1S/C42H28N6O4/c49-47(50)35-15-7-13-33(25-35)41-43-37(29-9-3-1-4-10-29)39(45-41)31-21-17-27(18-22-31)28-19-23-32(24-20-28)40-38(30-11-5-2-6-12-30)44-42(46-40)34-14-8-16-36(26-34)48(51)52/h1-26H,(H,43,45)(H,44,46). The van der Waals surface area contributed by atoms with Crippen molar-refractivity contribution in [3.05, 3.63) is 178 Å². The van der Waals surface area contributed by atoms with Crippen LogP contribution in [0.2, 0.25) is 0 Å². The molecule has 0 unspecified atom stereocenters. The minimum absolute atomic E-state index is 0.00109. The van der Waals surface area contributed by atoms with E-state index in [9.17, 15) is 20.2 Å². The van der Waals surface area contributed by atoms with Gasteiger partial charge < -0.3 is 9.97 Å². The number of aromatic nitrogens is 4. The zero-order valence-corrected chi connectivity index (χ0v) is 27.4. The van der Waals surface area contributed by atoms with Crippen molar-refractivity contribution in [1.29, 1.82) is 0 Å². The first-order valence-corrected chi connectivity index (χ1v) is 16.4. The third-order valence-electron chi connectivity index (χ3n) is 8.84. The van der Waals surface area contributed by atoms with Crippen molar-refractivity contribution in [1.82, 2.24) is 19.9 Å². The summed E-state index contributed by atoms with van der Waals surface area (Å²) in [6.07, 6.45) is 0. The predicted octanol–water partition coefficient (Wildman–Crippen LogP) is 10.6. The predicted molar refractivity (Wildman–Crippen MR) is 202 cm³/mol. The van der Waals surface area contributed by atoms with Crippen molar-refractivity contribution in [3.8, 4) is 78.9 Å². The zero-order valence-electron chi connectivity index (χ0n) is 27.4. The molecule has 0 saturated carbocycles. The van der Waals surface area contributed by atoms with Gasteiger partial charge in [0.2, 0.25) is 0 Å². The molecule has 8 aromatic rings. The number of nitrogens with zero attached hydrogens (tertiary/aromatic N) is 4. The molecule has 0 saturated heterocycles. The van der Waals surface area contributed by atoms with Gasteiger partial charge in [0.15, 0.2) is 0 Å². The summed E-state index contributed by atoms with van der Waals surface area (Å²) in [7, 11) is 0. The Morgan fingerprint density at radius 1 is 0.385 bits per heavy atom. The summed E-state index contributed by atoms with van der Waals surface area (Å²) in [5.74, 6) is 1.08. The third-order valence-corrected chi connectivity index (χ3v) is 8.84. The van der Waals surface area contributed by atoms with Gasteiger partial charge in [-0.05, 0) is 11.1 Å². The van der Waals surface area contributed by atoms with Gasteiger partial charge >= 0.3 is 0 Å². The first-order chi connectivity index (χ1) is 25.4. The molecule has 0 fully saturated rings. The highest BCUT2D eigenvalue weighted by Crippen LogP contribution is 2.37. The minimum atomic E-state index is -0.411. The summed E-state index contributed by atoms with van der Waals surface area (Å²) in [4.78, 5) is 38.7. The molecule has 2 heterocycles. The van der Waals surface area contributed by atoms with E-state index in [2.05, 4.69) is 22.1 Å². The first kappa shape index (κ1) is 31.8. The number of nitro benzene ring substituents is 2. The number of imidazole rings is 2. The Morgan fingerprint density at radius 3 is 1.17 bits per heavy atom. The summed E-state index contributed by atoms with van der Waals surface area (Å²) in [6.45, 7) is 0. The van der Waals surface area contributed by atoms with Crippen LogP contribution in [0, 0.1) is 20.2 Å². The highest BCUT2D eigenvalue weighted by atomic mass is 16.6. The lowest BCUT2D eigenvalue weighted by molar-refractivity contribution is -0.385. The molecule has 0 atom stereocenters. The maximum absolute atomic E-state index is 11.4. The molecule has 250 valence electrons. The number of non-ortho nitro benzene ring substituents is 2. The maximum Gasteiger partial charge on any atom is 0.270 e. The van der Waals surface area contributed by atoms with Crippen LogP contribution in [0.1, 0.15) is 0 Å². The average molecular weight is 681 g/mol. The number of aromatic amines is 2. The Morgan fingerprint density at radius 2 is 0.731 bits per heavy atom. The molecule has 6 aromatic carbocycles. The van der Waals surface area contributed by atoms with E-state index < -0.39 is 9.85 Å². The van der Waals surface area contributed by atoms with Crippen LogP contribution in [0.5, 0.6) is 0 Å². The van der Waals surface area contributed by atoms with Crippen molar-refractivity contribution in [2.45, 2.75) is 0 Å². The molecule has 2 aromatic heterocycles. The van der Waals surface area contributed by atoms with E-state index in [4.69, 9.17) is 9.97 Å². The topological polar surface area (TPSA) is 144 Å². The van der Waals surface area contributed by atoms with Crippen molar-refractivity contribution >= 4 is 11.4 Å². The number of hydrogen-bond acceptors (Lipinski definition) is 6. The summed E-state index contributed by atoms with van der Waals surface area (Å²) < 4.78 is 0. The molecular formula is C42H28N6O4. The van der Waals surface area contributed by atoms with Crippen LogP contribution in [-0.2, 0) is 0 Å². The van der Waals surface area contributed by atoms with Gasteiger partial charge in [-0.15, -0.1) is 0 Å². The largest absolute Gasteiger partial charge is 0.337 e. The Labute approximate surface area is 297 Å². The molecule has 10 heteroatoms. The van der Waals surface area contributed by atoms with Crippen molar-refractivity contribution in [2.75, 3.05) is 0 Å². The summed E-state index contributed by atoms with van der Waals surface area (Å²) in [5.41, 5.74) is 10.1. The molecular weight excluding hydrogens is 652 g/mol. The molecule has 52 heavy (non-hydrogen) atoms. The summed E-state index contributed by atoms with van der Waals surface area (Å²) in [5, 5.41) is 22.9. The van der Waals surface area contributed by atoms with Crippen LogP contribution in [0.4, 0.5) is 11.4 Å². The molecule has 2 N–H and O–H groups in total. The quantitative estimate of drug-likeness (QED) is 0.115. The van der Waals surface area contributed by atoms with E-state index in [-0.39, 0.29) is 11.4 Å². The molecule has 0 aliphatic heterocycles. The van der Waals surface area contributed by atoms with Gasteiger partial charge in [-0.1, -0.05) is 133 Å². The first-order valence-electron chi connectivity index (χ1n) is 16.4. The fraction of sp³-hybridized carbons (Fsp3) is 0. The van der Waals surface area contributed by atoms with E-state index in [1.807, 2.05) is 97.1 Å². The minimum Gasteiger partial charge on any atom is -0.337 e. The van der Waals surface area contributed by atoms with Gasteiger partial charge in [0.25, 0.3) is 11.4 Å². The van der Waals surface area contributed by atoms with E-state index in [0.29, 0.717) is 22.8 Å². The Bertz CT molecular complexity index is 2380. The van der Waals surface area contributed by atoms with Crippen LogP contribution in [0.25, 0.3) is 78.9 Å². The van der Waals surface area contributed by atoms with E-state index in [0.717, 1.165) is 56.2 Å². The van der Waals surface area contributed by atoms with Crippen LogP contribution >= 0.6 is 0 Å². The molecule has 10 nitrogen and oxygen atoms in total. The third kappa shape index (κ3) is 6.23. The van der Waals surface area contributed by atoms with Crippen molar-refractivity contribution < 1.29 is 9.85 Å². The van der Waals surface area contributed by atoms with Gasteiger partial charge in [0, 0.05) is 57.6 Å². The molecule has 0 aliphatic rings. The maximum atomic E-state index is 11.4. The average Bonchev–Trinajstić information content (AvgIpc) is 3.85. The molecule has 0 amide bonds. The lowest BCUT2D eigenvalue weighted by Gasteiger charge is -2.08. The number of benzene rings is 6. The second kappa shape index (κ2) is 13.4. The summed E-state index contributed by atoms with van der Waals surface area (Å²) in [6, 6.07) is 48.9. The Kier molecular flexibility index (Phi) is 8.22. The highest BCUT2D eigenvalue weighted by molar-refractivity contribution is 5.84. The molecule has 0 bridgehead atoms. The van der Waals surface area contributed by atoms with Crippen LogP contribution < -0.4 is 0 Å². The normalized spacial score (nSPS) is 11.0. The van der Waals surface area contributed by atoms with Crippen LogP contribution in [-0.4, -0.2) is 29.8 Å². The number of hydrogen-bond donors (Lipinski definition) is 2. The lowest BCUT2D eigenvalue weighted by atomic mass is 9.98. The zero-order chi connectivity index (χ0) is 35.6. The van der Waals surface area contributed by atoms with E-state index >= 15 is 0 Å². The van der Waals surface area contributed by atoms with Crippen LogP contribution in [0.3, 0.4) is 0 Å². The number of nitrogens with one attached hydrogen (secondary N) is 2. The van der Waals surface area contributed by atoms with E-state index in [1.54, 1.807) is 24.3 Å². The van der Waals surface area contributed by atoms with Gasteiger partial charge in [-0.2, -0.15) is 0 Å². The van der Waals surface area contributed by atoms with Gasteiger partial charge in [0.1, 0.15) is 11.6 Å². The van der Waals surface area contributed by atoms with Crippen molar-refractivity contribution in [3.63, 3.8) is 0 Å².